The van der Waals surface area contributed by atoms with Crippen molar-refractivity contribution in [1.29, 1.82) is 0 Å². The smallest absolute Gasteiger partial charge is 0.0872 e. The zero-order valence-corrected chi connectivity index (χ0v) is 12.1. The molecule has 1 heterocycles. The average Bonchev–Trinajstić information content (AvgIpc) is 2.45. The van der Waals surface area contributed by atoms with Crippen LogP contribution in [0.15, 0.2) is 48.7 Å². The van der Waals surface area contributed by atoms with Gasteiger partial charge in [-0.2, -0.15) is 0 Å². The van der Waals surface area contributed by atoms with Crippen LogP contribution in [0.1, 0.15) is 11.3 Å². The van der Waals surface area contributed by atoms with Crippen molar-refractivity contribution in [3.05, 3.63) is 59.9 Å². The lowest BCUT2D eigenvalue weighted by atomic mass is 10.0. The van der Waals surface area contributed by atoms with Gasteiger partial charge in [-0.3, -0.25) is 0 Å². The van der Waals surface area contributed by atoms with Crippen LogP contribution in [0.5, 0.6) is 0 Å². The van der Waals surface area contributed by atoms with Crippen LogP contribution in [0.4, 0.5) is 0 Å². The molecule has 2 nitrogen and oxygen atoms in total. The highest BCUT2D eigenvalue weighted by molar-refractivity contribution is 9.15. The molecule has 0 atom stereocenters. The largest absolute Gasteiger partial charge is 0.404 e. The molecule has 3 rings (SSSR count). The molecule has 0 bridgehead atoms. The second-order valence-electron chi connectivity index (χ2n) is 4.54. The highest BCUT2D eigenvalue weighted by Crippen LogP contribution is 2.32. The van der Waals surface area contributed by atoms with E-state index in [0.29, 0.717) is 0 Å². The molecular formula is C16H13BrN2. The number of nitrogens with two attached hydrogens (primary N) is 1. The Labute approximate surface area is 120 Å². The minimum atomic E-state index is 0.812. The Morgan fingerprint density at radius 2 is 1.89 bits per heavy atom. The third-order valence-electron chi connectivity index (χ3n) is 3.23. The second kappa shape index (κ2) is 4.67. The number of nitrogens with zero attached hydrogens (tertiary/aromatic N) is 1. The maximum Gasteiger partial charge on any atom is 0.0872 e. The molecule has 0 unspecified atom stereocenters. The monoisotopic (exact) mass is 312 g/mol. The number of benzene rings is 2. The molecule has 0 spiro atoms. The van der Waals surface area contributed by atoms with Crippen molar-refractivity contribution in [2.45, 2.75) is 6.92 Å². The van der Waals surface area contributed by atoms with Gasteiger partial charge in [-0.15, -0.1) is 0 Å². The molecule has 1 aromatic heterocycles. The Morgan fingerprint density at radius 1 is 1.11 bits per heavy atom. The van der Waals surface area contributed by atoms with E-state index in [2.05, 4.69) is 47.1 Å². The van der Waals surface area contributed by atoms with Crippen LogP contribution >= 0.6 is 15.9 Å². The van der Waals surface area contributed by atoms with E-state index in [9.17, 15) is 0 Å². The maximum absolute atomic E-state index is 5.62. The maximum atomic E-state index is 5.62. The summed E-state index contributed by atoms with van der Waals surface area (Å²) in [6.07, 6.45) is 1.54. The number of halogens is 1. The van der Waals surface area contributed by atoms with E-state index in [4.69, 9.17) is 10.7 Å². The zero-order valence-electron chi connectivity index (χ0n) is 10.5. The summed E-state index contributed by atoms with van der Waals surface area (Å²) in [5.74, 6) is 0. The van der Waals surface area contributed by atoms with Crippen LogP contribution < -0.4 is 5.73 Å². The van der Waals surface area contributed by atoms with E-state index in [1.54, 1.807) is 0 Å². The lowest BCUT2D eigenvalue weighted by molar-refractivity contribution is 1.39. The molecule has 3 heteroatoms. The molecule has 0 amide bonds. The highest BCUT2D eigenvalue weighted by atomic mass is 79.9. The number of rotatable bonds is 1. The van der Waals surface area contributed by atoms with E-state index < -0.39 is 0 Å². The highest BCUT2D eigenvalue weighted by Gasteiger charge is 2.10. The first kappa shape index (κ1) is 12.2. The van der Waals surface area contributed by atoms with Crippen molar-refractivity contribution in [3.8, 4) is 0 Å². The first-order valence-electron chi connectivity index (χ1n) is 6.07. The number of aromatic nitrogens is 1. The van der Waals surface area contributed by atoms with Gasteiger partial charge in [-0.25, -0.2) is 4.98 Å². The molecule has 19 heavy (non-hydrogen) atoms. The van der Waals surface area contributed by atoms with E-state index in [1.165, 1.54) is 22.5 Å². The molecular weight excluding hydrogens is 300 g/mol. The summed E-state index contributed by atoms with van der Waals surface area (Å²) in [7, 11) is 0. The number of aryl methyl sites for hydroxylation is 1. The molecule has 0 saturated carbocycles. The van der Waals surface area contributed by atoms with E-state index >= 15 is 0 Å². The van der Waals surface area contributed by atoms with E-state index in [0.717, 1.165) is 21.1 Å². The van der Waals surface area contributed by atoms with Crippen molar-refractivity contribution in [1.82, 2.24) is 4.98 Å². The van der Waals surface area contributed by atoms with Gasteiger partial charge in [0.15, 0.2) is 0 Å². The fourth-order valence-electron chi connectivity index (χ4n) is 2.33. The Bertz CT molecular complexity index is 806. The molecule has 0 aliphatic rings. The summed E-state index contributed by atoms with van der Waals surface area (Å²) in [4.78, 5) is 4.71. The van der Waals surface area contributed by atoms with Gasteiger partial charge < -0.3 is 5.73 Å². The van der Waals surface area contributed by atoms with Gasteiger partial charge in [0.25, 0.3) is 0 Å². The number of hydrogen-bond acceptors (Lipinski definition) is 2. The minimum absolute atomic E-state index is 0.812. The Balaban J connectivity index is 2.55. The summed E-state index contributed by atoms with van der Waals surface area (Å²) in [6, 6.07) is 14.6. The molecule has 2 aromatic carbocycles. The number of fused-ring (bicyclic) bond motifs is 3. The predicted molar refractivity (Wildman–Crippen MR) is 85.1 cm³/mol. The zero-order chi connectivity index (χ0) is 13.4. The van der Waals surface area contributed by atoms with Gasteiger partial charge in [0, 0.05) is 17.0 Å². The fraction of sp³-hybridized carbons (Fsp3) is 0.0625. The van der Waals surface area contributed by atoms with Crippen LogP contribution in [0.3, 0.4) is 0 Å². The fourth-order valence-corrected chi connectivity index (χ4v) is 2.63. The van der Waals surface area contributed by atoms with Crippen LogP contribution in [-0.4, -0.2) is 4.98 Å². The summed E-state index contributed by atoms with van der Waals surface area (Å²) in [6.45, 7) is 2.10. The summed E-state index contributed by atoms with van der Waals surface area (Å²) in [5, 5.41) is 3.49. The van der Waals surface area contributed by atoms with Crippen LogP contribution in [0.25, 0.3) is 26.2 Å². The van der Waals surface area contributed by atoms with Gasteiger partial charge in [0.2, 0.25) is 0 Å². The third kappa shape index (κ3) is 2.00. The van der Waals surface area contributed by atoms with Crippen molar-refractivity contribution in [3.63, 3.8) is 0 Å². The van der Waals surface area contributed by atoms with Gasteiger partial charge >= 0.3 is 0 Å². The van der Waals surface area contributed by atoms with Gasteiger partial charge in [0.05, 0.1) is 15.7 Å². The quantitative estimate of drug-likeness (QED) is 0.678. The first-order chi connectivity index (χ1) is 9.20. The summed E-state index contributed by atoms with van der Waals surface area (Å²) in [5.41, 5.74) is 8.73. The Morgan fingerprint density at radius 3 is 2.68 bits per heavy atom. The lowest BCUT2D eigenvalue weighted by Gasteiger charge is -2.09. The second-order valence-corrected chi connectivity index (χ2v) is 5.40. The topological polar surface area (TPSA) is 38.9 Å². The molecule has 0 aliphatic carbocycles. The Kier molecular flexibility index (Phi) is 2.99. The molecule has 94 valence electrons. The van der Waals surface area contributed by atoms with E-state index in [1.807, 2.05) is 18.2 Å². The average molecular weight is 313 g/mol. The number of para-hydroxylation sites is 1. The predicted octanol–water partition coefficient (Wildman–Crippen LogP) is 4.35. The molecule has 3 aromatic rings. The van der Waals surface area contributed by atoms with Crippen molar-refractivity contribution < 1.29 is 0 Å². The standard InChI is InChI=1S/C16H13BrN2/c1-10-6-7-12-13(8-10)11-4-2-3-5-15(11)19-16(12)14(17)9-18/h2-9H,18H2,1H3/b14-9+. The minimum Gasteiger partial charge on any atom is -0.404 e. The SMILES string of the molecule is Cc1ccc2c(/C(Br)=C\N)nc3ccccc3c2c1. The van der Waals surface area contributed by atoms with Crippen LogP contribution in [0.2, 0.25) is 0 Å². The van der Waals surface area contributed by atoms with E-state index in [-0.39, 0.29) is 0 Å². The van der Waals surface area contributed by atoms with Crippen LogP contribution in [-0.2, 0) is 0 Å². The molecule has 0 saturated heterocycles. The van der Waals surface area contributed by atoms with Gasteiger partial charge in [0.1, 0.15) is 0 Å². The summed E-state index contributed by atoms with van der Waals surface area (Å²) < 4.78 is 0.812. The normalized spacial score (nSPS) is 12.2. The molecule has 0 radical (unpaired) electrons. The number of pyridine rings is 1. The Hall–Kier alpha value is -1.87. The van der Waals surface area contributed by atoms with Crippen molar-refractivity contribution in [2.75, 3.05) is 0 Å². The first-order valence-corrected chi connectivity index (χ1v) is 6.87. The number of hydrogen-bond donors (Lipinski definition) is 1. The molecule has 0 aliphatic heterocycles. The van der Waals surface area contributed by atoms with Gasteiger partial charge in [-0.05, 0) is 34.3 Å². The van der Waals surface area contributed by atoms with Crippen molar-refractivity contribution in [2.24, 2.45) is 5.73 Å². The molecule has 0 fully saturated rings. The molecule has 2 N–H and O–H groups in total. The van der Waals surface area contributed by atoms with Gasteiger partial charge in [-0.1, -0.05) is 42.0 Å². The van der Waals surface area contributed by atoms with Crippen molar-refractivity contribution >= 4 is 42.1 Å². The summed E-state index contributed by atoms with van der Waals surface area (Å²) >= 11 is 3.48. The van der Waals surface area contributed by atoms with Crippen LogP contribution in [0, 0.1) is 6.92 Å². The third-order valence-corrected chi connectivity index (χ3v) is 3.87. The lowest BCUT2D eigenvalue weighted by Crippen LogP contribution is -1.92.